The first-order valence-corrected chi connectivity index (χ1v) is 9.85. The molecular weight excluding hydrogens is 342 g/mol. The lowest BCUT2D eigenvalue weighted by Gasteiger charge is -2.35. The molecule has 7 heteroatoms. The van der Waals surface area contributed by atoms with Gasteiger partial charge in [0, 0.05) is 31.9 Å². The predicted octanol–water partition coefficient (Wildman–Crippen LogP) is 1.33. The van der Waals surface area contributed by atoms with Crippen LogP contribution >= 0.6 is 0 Å². The predicted molar refractivity (Wildman–Crippen MR) is 104 cm³/mol. The molecule has 2 aliphatic rings. The number of fused-ring (bicyclic) bond motifs is 1. The number of carbonyl (C=O) groups is 1. The van der Waals surface area contributed by atoms with E-state index in [0.29, 0.717) is 38.0 Å². The molecule has 0 aromatic carbocycles. The number of hydrogen-bond donors (Lipinski definition) is 0. The molecular formula is C20H29N5O2. The summed E-state index contributed by atoms with van der Waals surface area (Å²) in [7, 11) is 4.35. The van der Waals surface area contributed by atoms with Crippen LogP contribution in [0.15, 0.2) is 24.4 Å². The first kappa shape index (κ1) is 18.4. The highest BCUT2D eigenvalue weighted by molar-refractivity contribution is 5.94. The Bertz CT molecular complexity index is 791. The monoisotopic (exact) mass is 371 g/mol. The Balaban J connectivity index is 1.61. The van der Waals surface area contributed by atoms with E-state index in [-0.39, 0.29) is 5.91 Å². The van der Waals surface area contributed by atoms with Crippen LogP contribution in [-0.4, -0.2) is 89.5 Å². The van der Waals surface area contributed by atoms with E-state index in [9.17, 15) is 4.79 Å². The van der Waals surface area contributed by atoms with E-state index in [2.05, 4.69) is 28.3 Å². The molecule has 0 unspecified atom stereocenters. The summed E-state index contributed by atoms with van der Waals surface area (Å²) in [5.74, 6) is 0.0220. The maximum atomic E-state index is 13.2. The Labute approximate surface area is 160 Å². The van der Waals surface area contributed by atoms with E-state index >= 15 is 0 Å². The summed E-state index contributed by atoms with van der Waals surface area (Å²) in [6, 6.07) is 6.48. The summed E-state index contributed by atoms with van der Waals surface area (Å²) in [5, 5.41) is 0. The number of imidazole rings is 1. The van der Waals surface area contributed by atoms with Crippen molar-refractivity contribution < 1.29 is 9.53 Å². The van der Waals surface area contributed by atoms with Gasteiger partial charge >= 0.3 is 0 Å². The molecule has 27 heavy (non-hydrogen) atoms. The number of nitrogens with zero attached hydrogens (tertiary/aromatic N) is 5. The molecule has 2 aromatic rings. The number of amides is 1. The Hall–Kier alpha value is -1.96. The van der Waals surface area contributed by atoms with Crippen molar-refractivity contribution in [2.75, 3.05) is 53.5 Å². The van der Waals surface area contributed by atoms with Gasteiger partial charge in [-0.25, -0.2) is 4.98 Å². The number of hydrogen-bond acceptors (Lipinski definition) is 5. The summed E-state index contributed by atoms with van der Waals surface area (Å²) in [4.78, 5) is 24.5. The number of piperidine rings is 1. The van der Waals surface area contributed by atoms with Gasteiger partial charge in [-0.05, 0) is 52.2 Å². The number of ether oxygens (including phenoxy) is 1. The highest BCUT2D eigenvalue weighted by atomic mass is 16.5. The lowest BCUT2D eigenvalue weighted by molar-refractivity contribution is 0.0297. The van der Waals surface area contributed by atoms with E-state index in [1.807, 2.05) is 29.3 Å². The van der Waals surface area contributed by atoms with Crippen LogP contribution in [0, 0.1) is 0 Å². The zero-order chi connectivity index (χ0) is 18.8. The van der Waals surface area contributed by atoms with Crippen molar-refractivity contribution in [2.45, 2.75) is 25.4 Å². The van der Waals surface area contributed by atoms with Gasteiger partial charge in [-0.3, -0.25) is 9.69 Å². The van der Waals surface area contributed by atoms with Gasteiger partial charge in [0.1, 0.15) is 5.65 Å². The molecule has 146 valence electrons. The second-order valence-electron chi connectivity index (χ2n) is 7.69. The first-order valence-electron chi connectivity index (χ1n) is 9.85. The van der Waals surface area contributed by atoms with Crippen LogP contribution in [0.5, 0.6) is 0 Å². The van der Waals surface area contributed by atoms with Gasteiger partial charge in [0.15, 0.2) is 5.69 Å². The Morgan fingerprint density at radius 2 is 1.96 bits per heavy atom. The molecule has 4 rings (SSSR count). The normalized spacial score (nSPS) is 19.9. The molecule has 2 aromatic heterocycles. The summed E-state index contributed by atoms with van der Waals surface area (Å²) >= 11 is 0. The van der Waals surface area contributed by atoms with E-state index < -0.39 is 0 Å². The first-order chi connectivity index (χ1) is 13.1. The summed E-state index contributed by atoms with van der Waals surface area (Å²) in [5.41, 5.74) is 2.41. The molecule has 0 radical (unpaired) electrons. The van der Waals surface area contributed by atoms with Crippen LogP contribution in [0.3, 0.4) is 0 Å². The van der Waals surface area contributed by atoms with Crippen LogP contribution in [0.1, 0.15) is 29.0 Å². The van der Waals surface area contributed by atoms with Crippen LogP contribution in [0.25, 0.3) is 5.65 Å². The number of rotatable bonds is 4. The fraction of sp³-hybridized carbons (Fsp3) is 0.600. The van der Waals surface area contributed by atoms with E-state index in [4.69, 9.17) is 9.72 Å². The van der Waals surface area contributed by atoms with Crippen molar-refractivity contribution in [1.82, 2.24) is 24.1 Å². The molecule has 2 fully saturated rings. The molecule has 0 N–H and O–H groups in total. The Kier molecular flexibility index (Phi) is 5.43. The molecule has 7 nitrogen and oxygen atoms in total. The summed E-state index contributed by atoms with van der Waals surface area (Å²) in [6.45, 7) is 5.45. The van der Waals surface area contributed by atoms with Gasteiger partial charge < -0.3 is 18.9 Å². The van der Waals surface area contributed by atoms with E-state index in [0.717, 1.165) is 43.8 Å². The minimum atomic E-state index is 0.0220. The lowest BCUT2D eigenvalue weighted by atomic mass is 10.0. The Morgan fingerprint density at radius 1 is 1.22 bits per heavy atom. The molecule has 4 heterocycles. The largest absolute Gasteiger partial charge is 0.378 e. The molecule has 2 aliphatic heterocycles. The van der Waals surface area contributed by atoms with Gasteiger partial charge in [-0.1, -0.05) is 6.07 Å². The number of aromatic nitrogens is 2. The van der Waals surface area contributed by atoms with Crippen molar-refractivity contribution >= 4 is 11.6 Å². The van der Waals surface area contributed by atoms with Crippen LogP contribution in [0.2, 0.25) is 0 Å². The highest BCUT2D eigenvalue weighted by Gasteiger charge is 2.28. The van der Waals surface area contributed by atoms with Crippen molar-refractivity contribution in [3.8, 4) is 0 Å². The maximum absolute atomic E-state index is 13.2. The van der Waals surface area contributed by atoms with Crippen molar-refractivity contribution in [3.05, 3.63) is 35.8 Å². The number of likely N-dealkylation sites (tertiary alicyclic amines) is 1. The molecule has 0 atom stereocenters. The van der Waals surface area contributed by atoms with Gasteiger partial charge in [0.25, 0.3) is 5.91 Å². The van der Waals surface area contributed by atoms with Gasteiger partial charge in [0.2, 0.25) is 0 Å². The van der Waals surface area contributed by atoms with E-state index in [1.54, 1.807) is 0 Å². The second-order valence-corrected chi connectivity index (χ2v) is 7.69. The molecule has 0 saturated carbocycles. The zero-order valence-corrected chi connectivity index (χ0v) is 16.3. The number of pyridine rings is 1. The Morgan fingerprint density at radius 3 is 2.70 bits per heavy atom. The number of morpholine rings is 1. The highest BCUT2D eigenvalue weighted by Crippen LogP contribution is 2.21. The third-order valence-corrected chi connectivity index (χ3v) is 5.84. The van der Waals surface area contributed by atoms with Crippen LogP contribution < -0.4 is 0 Å². The molecule has 2 saturated heterocycles. The smallest absolute Gasteiger partial charge is 0.274 e. The van der Waals surface area contributed by atoms with Crippen LogP contribution in [-0.2, 0) is 11.3 Å². The quantitative estimate of drug-likeness (QED) is 0.812. The van der Waals surface area contributed by atoms with Crippen molar-refractivity contribution in [2.24, 2.45) is 0 Å². The third-order valence-electron chi connectivity index (χ3n) is 5.84. The average molecular weight is 371 g/mol. The van der Waals surface area contributed by atoms with Gasteiger partial charge in [-0.2, -0.15) is 0 Å². The molecule has 0 bridgehead atoms. The second kappa shape index (κ2) is 7.96. The topological polar surface area (TPSA) is 53.3 Å². The van der Waals surface area contributed by atoms with Gasteiger partial charge in [-0.15, -0.1) is 0 Å². The fourth-order valence-corrected chi connectivity index (χ4v) is 4.09. The minimum absolute atomic E-state index is 0.0220. The summed E-state index contributed by atoms with van der Waals surface area (Å²) < 4.78 is 7.46. The maximum Gasteiger partial charge on any atom is 0.274 e. The standard InChI is InChI=1S/C20H29N5O2/c1-22-9-6-16(7-10-22)23(2)15-17-19(20(26)24-11-13-27-14-12-24)21-18-5-3-4-8-25(17)18/h3-5,8,16H,6-7,9-15H2,1-2H3. The van der Waals surface area contributed by atoms with Gasteiger partial charge in [0.05, 0.1) is 18.9 Å². The average Bonchev–Trinajstić information content (AvgIpc) is 3.07. The van der Waals surface area contributed by atoms with Crippen molar-refractivity contribution in [3.63, 3.8) is 0 Å². The fourth-order valence-electron chi connectivity index (χ4n) is 4.09. The van der Waals surface area contributed by atoms with Crippen molar-refractivity contribution in [1.29, 1.82) is 0 Å². The minimum Gasteiger partial charge on any atom is -0.378 e. The lowest BCUT2D eigenvalue weighted by Crippen LogP contribution is -2.43. The van der Waals surface area contributed by atoms with Crippen LogP contribution in [0.4, 0.5) is 0 Å². The number of carbonyl (C=O) groups excluding carboxylic acids is 1. The molecule has 0 aliphatic carbocycles. The molecule has 0 spiro atoms. The third kappa shape index (κ3) is 3.85. The SMILES string of the molecule is CN1CCC(N(C)Cc2c(C(=O)N3CCOCC3)nc3ccccn23)CC1. The molecule has 1 amide bonds. The summed E-state index contributed by atoms with van der Waals surface area (Å²) in [6.07, 6.45) is 4.34. The zero-order valence-electron chi connectivity index (χ0n) is 16.3. The van der Waals surface area contributed by atoms with E-state index in [1.165, 1.54) is 0 Å².